The lowest BCUT2D eigenvalue weighted by atomic mass is 9.89. The average Bonchev–Trinajstić information content (AvgIpc) is 1.70. The van der Waals surface area contributed by atoms with Crippen molar-refractivity contribution in [2.45, 2.75) is 458 Å². The Balaban J connectivity index is -0.00000119. The van der Waals surface area contributed by atoms with Gasteiger partial charge in [-0.05, 0) is 196 Å². The zero-order chi connectivity index (χ0) is 84.0. The number of aryl methyl sites for hydroxylation is 10. The van der Waals surface area contributed by atoms with E-state index < -0.39 is 14.6 Å². The Kier molecular flexibility index (Phi) is 58.1. The van der Waals surface area contributed by atoms with E-state index in [0.717, 1.165) is 64.8 Å². The Morgan fingerprint density at radius 3 is 0.734 bits per heavy atom. The molecule has 15 heteroatoms. The number of hydrogen-bond acceptors (Lipinski definition) is 8. The molecule has 0 unspecified atom stereocenters. The topological polar surface area (TPSA) is 152 Å². The van der Waals surface area contributed by atoms with E-state index in [2.05, 4.69) is 279 Å². The van der Waals surface area contributed by atoms with Crippen LogP contribution in [0.3, 0.4) is 0 Å². The SMILES string of the molecule is CCC(=O)NCCS(=O)(=O)C(C)(C)C.CCCCC(C)(C)C.CCCCCCCC(C)(C)C.CCc1cnn(CCCC(C)(C)C)c1.CCc1cnn(CCCC(C)(C)C)c1.CCc1cnn(CCCCC(C)(C)C)c1.CCc1cnn(CCCCCC(C)(C)C)c1.CCc1cnn(CCCCCCC(C)(C)C)c1. The van der Waals surface area contributed by atoms with Crippen LogP contribution in [0.15, 0.2) is 62.0 Å². The van der Waals surface area contributed by atoms with Gasteiger partial charge in [0.25, 0.3) is 0 Å². The van der Waals surface area contributed by atoms with Gasteiger partial charge in [-0.25, -0.2) is 8.42 Å². The average molecular weight is 1550 g/mol. The molecule has 0 spiro atoms. The molecule has 0 bridgehead atoms. The largest absolute Gasteiger partial charge is 0.355 e. The molecule has 0 saturated heterocycles. The van der Waals surface area contributed by atoms with E-state index >= 15 is 0 Å². The van der Waals surface area contributed by atoms with Gasteiger partial charge >= 0.3 is 0 Å². The van der Waals surface area contributed by atoms with Crippen LogP contribution in [0.25, 0.3) is 0 Å². The van der Waals surface area contributed by atoms with Crippen molar-refractivity contribution in [2.75, 3.05) is 12.3 Å². The monoisotopic (exact) mass is 1550 g/mol. The van der Waals surface area contributed by atoms with E-state index in [0.29, 0.717) is 44.3 Å². The fourth-order valence-electron chi connectivity index (χ4n) is 11.1. The maximum Gasteiger partial charge on any atom is 0.219 e. The summed E-state index contributed by atoms with van der Waals surface area (Å²) < 4.78 is 32.8. The Morgan fingerprint density at radius 2 is 0.514 bits per heavy atom. The van der Waals surface area contributed by atoms with E-state index in [1.54, 1.807) is 27.7 Å². The number of amides is 1. The number of sulfone groups is 1. The van der Waals surface area contributed by atoms with Gasteiger partial charge in [-0.2, -0.15) is 25.5 Å². The fraction of sp³-hybridized carbons (Fsp3) is 0.830. The first kappa shape index (κ1) is 109. The van der Waals surface area contributed by atoms with Crippen molar-refractivity contribution < 1.29 is 13.2 Å². The minimum Gasteiger partial charge on any atom is -0.355 e. The van der Waals surface area contributed by atoms with Crippen LogP contribution in [0.2, 0.25) is 0 Å². The molecule has 5 aromatic rings. The number of rotatable bonds is 37. The van der Waals surface area contributed by atoms with Crippen LogP contribution >= 0.6 is 0 Å². The summed E-state index contributed by atoms with van der Waals surface area (Å²) in [6, 6.07) is 0. The van der Waals surface area contributed by atoms with Crippen LogP contribution in [0.4, 0.5) is 0 Å². The fourth-order valence-corrected chi connectivity index (χ4v) is 12.1. The Bertz CT molecular complexity index is 2970. The van der Waals surface area contributed by atoms with Crippen LogP contribution in [-0.2, 0) is 79.5 Å². The lowest BCUT2D eigenvalue weighted by Crippen LogP contribution is -2.36. The van der Waals surface area contributed by atoms with Crippen molar-refractivity contribution in [3.8, 4) is 0 Å². The number of carbonyl (C=O) groups excluding carboxylic acids is 1. The highest BCUT2D eigenvalue weighted by atomic mass is 32.2. The first-order valence-electron chi connectivity index (χ1n) is 43.9. The van der Waals surface area contributed by atoms with Gasteiger partial charge < -0.3 is 5.32 Å². The third kappa shape index (κ3) is 71.0. The second-order valence-corrected chi connectivity index (χ2v) is 43.2. The standard InChI is InChI=1S/C15H28N2.C14H26N2.C13H24N2.2C12H22N2.C11H24.C9H19NO3S.C8H18/c1-5-14-12-16-17(13-14)11-9-7-6-8-10-15(2,3)4;1-5-13-11-15-16(12-13)10-8-6-7-9-14(2,3)4;1-5-12-10-14-15(11-12)9-7-6-8-13(2,3)4;2*1-5-11-9-13-14(10-11)8-6-7-12(2,3)4;1-5-6-7-8-9-10-11(2,3)4;1-5-8(11)10-6-7-14(12,13)9(2,3)4;1-5-6-7-8(2,3)4/h12-13H,5-11H2,1-4H3;11-12H,5-10H2,1-4H3;10-11H,5-9H2,1-4H3;2*9-10H,5-8H2,1-4H3;5-10H2,1-4H3;5-7H2,1-4H3,(H,10,11);5-7H2,1-4H3. The predicted octanol–water partition coefficient (Wildman–Crippen LogP) is 27.0. The second-order valence-electron chi connectivity index (χ2n) is 40.3. The first-order valence-corrected chi connectivity index (χ1v) is 45.6. The van der Waals surface area contributed by atoms with Crippen LogP contribution < -0.4 is 5.32 Å². The Hall–Kier alpha value is -4.53. The zero-order valence-corrected chi connectivity index (χ0v) is 79.1. The summed E-state index contributed by atoms with van der Waals surface area (Å²) in [5.41, 5.74) is 10.1. The van der Waals surface area contributed by atoms with Crippen LogP contribution in [0.5, 0.6) is 0 Å². The number of carbonyl (C=O) groups is 1. The molecule has 0 aliphatic rings. The molecule has 0 aliphatic carbocycles. The van der Waals surface area contributed by atoms with Crippen LogP contribution in [0.1, 0.15) is 416 Å². The molecule has 1 amide bonds. The van der Waals surface area contributed by atoms with E-state index in [-0.39, 0.29) is 18.2 Å². The maximum absolute atomic E-state index is 11.6. The summed E-state index contributed by atoms with van der Waals surface area (Å²) >= 11 is 0. The van der Waals surface area contributed by atoms with Crippen molar-refractivity contribution in [3.05, 3.63) is 89.8 Å². The third-order valence-corrected chi connectivity index (χ3v) is 21.4. The van der Waals surface area contributed by atoms with E-state index in [4.69, 9.17) is 0 Å². The van der Waals surface area contributed by atoms with Crippen LogP contribution in [-0.4, -0.2) is 80.3 Å². The highest BCUT2D eigenvalue weighted by Gasteiger charge is 2.28. The molecule has 1 N–H and O–H groups in total. The Labute approximate surface area is 677 Å². The summed E-state index contributed by atoms with van der Waals surface area (Å²) in [7, 11) is -3.12. The molecule has 0 aromatic carbocycles. The van der Waals surface area contributed by atoms with Crippen molar-refractivity contribution in [1.29, 1.82) is 0 Å². The van der Waals surface area contributed by atoms with Gasteiger partial charge in [0.15, 0.2) is 9.84 Å². The number of nitrogens with zero attached hydrogens (tertiary/aromatic N) is 10. The smallest absolute Gasteiger partial charge is 0.219 e. The number of unbranched alkanes of at least 4 members (excludes halogenated alkanes) is 11. The lowest BCUT2D eigenvalue weighted by Gasteiger charge is -2.18. The van der Waals surface area contributed by atoms with Crippen molar-refractivity contribution in [3.63, 3.8) is 0 Å². The normalized spacial score (nSPS) is 12.1. The second kappa shape index (κ2) is 58.3. The zero-order valence-electron chi connectivity index (χ0n) is 78.2. The molecule has 14 nitrogen and oxygen atoms in total. The van der Waals surface area contributed by atoms with Gasteiger partial charge in [0.1, 0.15) is 0 Å². The van der Waals surface area contributed by atoms with Gasteiger partial charge in [0, 0.05) is 76.7 Å². The van der Waals surface area contributed by atoms with E-state index in [1.807, 2.05) is 31.0 Å². The lowest BCUT2D eigenvalue weighted by molar-refractivity contribution is -0.120. The summed E-state index contributed by atoms with van der Waals surface area (Å²) in [5, 5.41) is 24.2. The molecule has 0 saturated carbocycles. The van der Waals surface area contributed by atoms with Crippen molar-refractivity contribution >= 4 is 15.7 Å². The molecule has 0 atom stereocenters. The molecule has 109 heavy (non-hydrogen) atoms. The van der Waals surface area contributed by atoms with Gasteiger partial charge in [-0.15, -0.1) is 0 Å². The Morgan fingerprint density at radius 1 is 0.303 bits per heavy atom. The maximum atomic E-state index is 11.6. The van der Waals surface area contributed by atoms with Crippen LogP contribution in [0, 0.1) is 37.9 Å². The van der Waals surface area contributed by atoms with Crippen molar-refractivity contribution in [2.24, 2.45) is 37.9 Å². The van der Waals surface area contributed by atoms with Gasteiger partial charge in [0.05, 0.1) is 41.5 Å². The number of hydrogen-bond donors (Lipinski definition) is 1. The molecule has 5 heterocycles. The van der Waals surface area contributed by atoms with E-state index in [1.165, 1.54) is 188 Å². The first-order chi connectivity index (χ1) is 50.4. The summed E-state index contributed by atoms with van der Waals surface area (Å²) in [6.45, 7) is 76.0. The number of aromatic nitrogens is 10. The molecule has 0 aliphatic heterocycles. The predicted molar refractivity (Wildman–Crippen MR) is 478 cm³/mol. The van der Waals surface area contributed by atoms with Gasteiger partial charge in [-0.1, -0.05) is 284 Å². The molecular weight excluding hydrogens is 1360 g/mol. The highest BCUT2D eigenvalue weighted by Crippen LogP contribution is 2.27. The molecule has 5 aromatic heterocycles. The highest BCUT2D eigenvalue weighted by molar-refractivity contribution is 7.92. The number of nitrogens with one attached hydrogen (secondary N) is 1. The molecular formula is C94H183N11O3S. The molecule has 5 rings (SSSR count). The summed E-state index contributed by atoms with van der Waals surface area (Å²) in [4.78, 5) is 10.8. The molecule has 638 valence electrons. The summed E-state index contributed by atoms with van der Waals surface area (Å²) in [6.07, 6.45) is 59.7. The third-order valence-electron chi connectivity index (χ3n) is 18.8. The summed E-state index contributed by atoms with van der Waals surface area (Å²) in [5.74, 6) is -0.114. The molecule has 0 fully saturated rings. The minimum atomic E-state index is -3.12. The van der Waals surface area contributed by atoms with Gasteiger partial charge in [0.2, 0.25) is 5.91 Å². The minimum absolute atomic E-state index is 0.00222. The van der Waals surface area contributed by atoms with Crippen molar-refractivity contribution in [1.82, 2.24) is 54.2 Å². The van der Waals surface area contributed by atoms with Gasteiger partial charge in [-0.3, -0.25) is 28.2 Å². The molecule has 0 radical (unpaired) electrons. The van der Waals surface area contributed by atoms with E-state index in [9.17, 15) is 13.2 Å². The quantitative estimate of drug-likeness (QED) is 0.0386.